The van der Waals surface area contributed by atoms with Crippen LogP contribution in [-0.4, -0.2) is 67.9 Å². The second-order valence-corrected chi connectivity index (χ2v) is 10.2. The van der Waals surface area contributed by atoms with Gasteiger partial charge in [-0.2, -0.15) is 0 Å². The van der Waals surface area contributed by atoms with Gasteiger partial charge >= 0.3 is 5.97 Å². The number of sulfone groups is 1. The minimum absolute atomic E-state index is 0.0265. The monoisotopic (exact) mass is 401 g/mol. The molecule has 0 radical (unpaired) electrons. The van der Waals surface area contributed by atoms with Crippen LogP contribution in [0.4, 0.5) is 0 Å². The highest BCUT2D eigenvalue weighted by Gasteiger charge is 2.53. The van der Waals surface area contributed by atoms with E-state index in [1.807, 2.05) is 0 Å². The van der Waals surface area contributed by atoms with Crippen molar-refractivity contribution in [1.29, 1.82) is 0 Å². The first-order valence-corrected chi connectivity index (χ1v) is 10.5. The average molecular weight is 401 g/mol. The normalized spacial score (nSPS) is 22.1. The number of nitrogens with zero attached hydrogens (tertiary/aromatic N) is 5. The number of aryl methyl sites for hydroxylation is 1. The molecule has 1 atom stereocenters. The molecule has 2 aliphatic heterocycles. The molecule has 142 valence electrons. The Labute approximate surface area is 154 Å². The van der Waals surface area contributed by atoms with Crippen molar-refractivity contribution in [3.63, 3.8) is 0 Å². The third kappa shape index (κ3) is 3.47. The van der Waals surface area contributed by atoms with E-state index < -0.39 is 32.7 Å². The Morgan fingerprint density at radius 1 is 1.38 bits per heavy atom. The second kappa shape index (κ2) is 6.34. The minimum Gasteiger partial charge on any atom is -0.455 e. The van der Waals surface area contributed by atoms with Gasteiger partial charge < -0.3 is 4.74 Å². The van der Waals surface area contributed by atoms with Crippen LogP contribution < -0.4 is 0 Å². The van der Waals surface area contributed by atoms with Crippen LogP contribution in [0.1, 0.15) is 27.2 Å². The first-order chi connectivity index (χ1) is 12.0. The van der Waals surface area contributed by atoms with E-state index in [0.717, 1.165) is 4.90 Å². The number of aromatic nitrogens is 4. The van der Waals surface area contributed by atoms with Crippen molar-refractivity contribution >= 4 is 33.5 Å². The summed E-state index contributed by atoms with van der Waals surface area (Å²) in [5.74, 6) is -1.24. The van der Waals surface area contributed by atoms with Crippen LogP contribution in [0.15, 0.2) is 16.4 Å². The number of rotatable bonds is 4. The quantitative estimate of drug-likeness (QED) is 0.386. The van der Waals surface area contributed by atoms with Gasteiger partial charge in [0.25, 0.3) is 0 Å². The fourth-order valence-corrected chi connectivity index (χ4v) is 5.54. The maximum Gasteiger partial charge on any atom is 0.355 e. The third-order valence-electron chi connectivity index (χ3n) is 3.82. The zero-order chi connectivity index (χ0) is 19.3. The molecular weight excluding hydrogens is 382 g/mol. The van der Waals surface area contributed by atoms with E-state index in [0.29, 0.717) is 10.7 Å². The number of carbonyl (C=O) groups is 2. The zero-order valence-electron chi connectivity index (χ0n) is 14.8. The predicted octanol–water partition coefficient (Wildman–Crippen LogP) is -0.115. The summed E-state index contributed by atoms with van der Waals surface area (Å²) in [6, 6.07) is 0. The van der Waals surface area contributed by atoms with Crippen molar-refractivity contribution in [2.24, 2.45) is 7.05 Å². The summed E-state index contributed by atoms with van der Waals surface area (Å²) in [6.45, 7) is 5.13. The van der Waals surface area contributed by atoms with Crippen LogP contribution in [0.25, 0.3) is 0 Å². The number of ether oxygens (including phenoxy) is 1. The molecule has 0 aromatic carbocycles. The summed E-state index contributed by atoms with van der Waals surface area (Å²) >= 11 is 1.19. The fraction of sp³-hybridized carbons (Fsp3) is 0.643. The lowest BCUT2D eigenvalue weighted by Gasteiger charge is -2.44. The Balaban J connectivity index is 1.97. The molecule has 3 rings (SSSR count). The highest BCUT2D eigenvalue weighted by molar-refractivity contribution is 7.99. The second-order valence-electron chi connectivity index (χ2n) is 7.06. The van der Waals surface area contributed by atoms with Crippen LogP contribution in [0, 0.1) is 0 Å². The Morgan fingerprint density at radius 3 is 2.62 bits per heavy atom. The molecule has 3 heterocycles. The Bertz CT molecular complexity index is 899. The molecule has 1 amide bonds. The molecule has 1 saturated heterocycles. The summed E-state index contributed by atoms with van der Waals surface area (Å²) in [7, 11) is -1.90. The van der Waals surface area contributed by atoms with Gasteiger partial charge in [0.05, 0.1) is 12.2 Å². The van der Waals surface area contributed by atoms with Crippen molar-refractivity contribution in [2.75, 3.05) is 11.5 Å². The van der Waals surface area contributed by atoms with Crippen LogP contribution in [0.3, 0.4) is 0 Å². The molecule has 1 aromatic rings. The molecule has 1 unspecified atom stereocenters. The molecule has 2 aliphatic rings. The lowest BCUT2D eigenvalue weighted by molar-refractivity contribution is -0.157. The van der Waals surface area contributed by atoms with Gasteiger partial charge in [0.2, 0.25) is 11.1 Å². The SMILES string of the molecule is Cn1nnnc1SCC1=C(C(=O)OC(C)(C)C)N2C(=O)CC2S(=O)(=O)C1. The standard InChI is InChI=1S/C14H19N5O5S2/c1-14(2,3)24-12(21)11-8(6-25-13-15-16-17-18(13)4)7-26(22,23)10-5-9(20)19(10)11/h10H,5-7H2,1-4H3. The van der Waals surface area contributed by atoms with Crippen LogP contribution in [-0.2, 0) is 31.2 Å². The number of hydrogen-bond donors (Lipinski definition) is 0. The minimum atomic E-state index is -3.55. The molecule has 26 heavy (non-hydrogen) atoms. The fourth-order valence-electron chi connectivity index (χ4n) is 2.70. The topological polar surface area (TPSA) is 124 Å². The summed E-state index contributed by atoms with van der Waals surface area (Å²) in [5.41, 5.74) is -0.426. The summed E-state index contributed by atoms with van der Waals surface area (Å²) < 4.78 is 31.7. The van der Waals surface area contributed by atoms with Crippen molar-refractivity contribution < 1.29 is 22.7 Å². The van der Waals surface area contributed by atoms with Crippen LogP contribution in [0.2, 0.25) is 0 Å². The first-order valence-electron chi connectivity index (χ1n) is 7.84. The molecule has 10 nitrogen and oxygen atoms in total. The van der Waals surface area contributed by atoms with Gasteiger partial charge in [0, 0.05) is 12.8 Å². The van der Waals surface area contributed by atoms with E-state index in [2.05, 4.69) is 15.5 Å². The van der Waals surface area contributed by atoms with E-state index in [-0.39, 0.29) is 23.6 Å². The molecule has 0 spiro atoms. The maximum atomic E-state index is 12.7. The van der Waals surface area contributed by atoms with E-state index in [1.165, 1.54) is 16.4 Å². The van der Waals surface area contributed by atoms with Crippen LogP contribution in [0.5, 0.6) is 0 Å². The Hall–Kier alpha value is -1.95. The van der Waals surface area contributed by atoms with Crippen molar-refractivity contribution in [1.82, 2.24) is 25.1 Å². The highest BCUT2D eigenvalue weighted by atomic mass is 32.2. The zero-order valence-corrected chi connectivity index (χ0v) is 16.4. The molecule has 12 heteroatoms. The first kappa shape index (κ1) is 18.8. The summed E-state index contributed by atoms with van der Waals surface area (Å²) in [5, 5.41) is 10.5. The van der Waals surface area contributed by atoms with E-state index in [4.69, 9.17) is 4.74 Å². The van der Waals surface area contributed by atoms with Crippen LogP contribution >= 0.6 is 11.8 Å². The Kier molecular flexibility index (Phi) is 4.59. The molecule has 0 aliphatic carbocycles. The molecule has 0 bridgehead atoms. The number of thioether (sulfide) groups is 1. The van der Waals surface area contributed by atoms with E-state index >= 15 is 0 Å². The molecule has 1 aromatic heterocycles. The lowest BCUT2D eigenvalue weighted by atomic mass is 10.1. The molecule has 0 saturated carbocycles. The molecular formula is C14H19N5O5S2. The number of fused-ring (bicyclic) bond motifs is 1. The van der Waals surface area contributed by atoms with Crippen molar-refractivity contribution in [3.8, 4) is 0 Å². The van der Waals surface area contributed by atoms with Gasteiger partial charge in [-0.1, -0.05) is 11.8 Å². The van der Waals surface area contributed by atoms with Gasteiger partial charge in [-0.3, -0.25) is 9.69 Å². The van der Waals surface area contributed by atoms with Gasteiger partial charge in [-0.05, 0) is 36.8 Å². The van der Waals surface area contributed by atoms with Crippen molar-refractivity contribution in [2.45, 2.75) is 43.3 Å². The summed E-state index contributed by atoms with van der Waals surface area (Å²) in [4.78, 5) is 25.8. The largest absolute Gasteiger partial charge is 0.455 e. The number of esters is 1. The van der Waals surface area contributed by atoms with Gasteiger partial charge in [0.15, 0.2) is 9.84 Å². The highest BCUT2D eigenvalue weighted by Crippen LogP contribution is 2.38. The number of amides is 1. The lowest BCUT2D eigenvalue weighted by Crippen LogP contribution is -2.60. The average Bonchev–Trinajstić information content (AvgIpc) is 2.89. The van der Waals surface area contributed by atoms with E-state index in [9.17, 15) is 18.0 Å². The van der Waals surface area contributed by atoms with Gasteiger partial charge in [-0.15, -0.1) is 5.10 Å². The molecule has 0 N–H and O–H groups in total. The maximum absolute atomic E-state index is 12.7. The van der Waals surface area contributed by atoms with E-state index in [1.54, 1.807) is 27.8 Å². The molecule has 1 fully saturated rings. The summed E-state index contributed by atoms with van der Waals surface area (Å²) in [6.07, 6.45) is -0.109. The van der Waals surface area contributed by atoms with Gasteiger partial charge in [0.1, 0.15) is 16.7 Å². The number of hydrogen-bond acceptors (Lipinski definition) is 9. The van der Waals surface area contributed by atoms with Crippen molar-refractivity contribution in [3.05, 3.63) is 11.3 Å². The number of carbonyl (C=O) groups excluding carboxylic acids is 2. The predicted molar refractivity (Wildman–Crippen MR) is 91.4 cm³/mol. The number of β-lactam (4-membered cyclic amide) rings is 1. The smallest absolute Gasteiger partial charge is 0.355 e. The number of tetrazole rings is 1. The van der Waals surface area contributed by atoms with Gasteiger partial charge in [-0.25, -0.2) is 17.9 Å². The Morgan fingerprint density at radius 2 is 2.08 bits per heavy atom. The third-order valence-corrected chi connectivity index (χ3v) is 6.87.